The van der Waals surface area contributed by atoms with Gasteiger partial charge in [0, 0.05) is 0 Å². The average Bonchev–Trinajstić information content (AvgIpc) is 2.32. The van der Waals surface area contributed by atoms with Crippen molar-refractivity contribution in [2.45, 2.75) is 74.8 Å². The van der Waals surface area contributed by atoms with Crippen LogP contribution in [-0.2, 0) is 0 Å². The molecule has 1 heteroatoms. The Morgan fingerprint density at radius 1 is 0.600 bits per heavy atom. The highest BCUT2D eigenvalue weighted by Crippen LogP contribution is 2.30. The van der Waals surface area contributed by atoms with E-state index in [-0.39, 0.29) is 0 Å². The van der Waals surface area contributed by atoms with Crippen molar-refractivity contribution in [2.75, 3.05) is 0 Å². The van der Waals surface area contributed by atoms with Crippen molar-refractivity contribution in [1.82, 2.24) is 0 Å². The summed E-state index contributed by atoms with van der Waals surface area (Å²) in [5.74, 6) is 2.30. The van der Waals surface area contributed by atoms with E-state index in [9.17, 15) is 0 Å². The molecule has 0 atom stereocenters. The van der Waals surface area contributed by atoms with Crippen molar-refractivity contribution in [1.29, 1.82) is 0 Å². The summed E-state index contributed by atoms with van der Waals surface area (Å²) in [4.78, 5) is 0. The molecule has 2 saturated carbocycles. The topological polar surface area (TPSA) is 0 Å². The van der Waals surface area contributed by atoms with Gasteiger partial charge in [0.05, 0.1) is 0 Å². The van der Waals surface area contributed by atoms with Crippen molar-refractivity contribution in [3.05, 3.63) is 0 Å². The van der Waals surface area contributed by atoms with E-state index in [1.165, 1.54) is 38.5 Å². The molecular formula is C14H26Al. The highest BCUT2D eigenvalue weighted by atomic mass is 27.1. The Kier molecular flexibility index (Phi) is 5.58. The van der Waals surface area contributed by atoms with Gasteiger partial charge in [-0.2, -0.15) is 0 Å². The molecule has 0 aliphatic heterocycles. The fraction of sp³-hybridized carbons (Fsp3) is 1.00. The molecule has 0 saturated heterocycles. The zero-order chi connectivity index (χ0) is 10.3. The normalized spacial score (nSPS) is 25.3. The first kappa shape index (κ1) is 12.0. The molecule has 2 aliphatic carbocycles. The van der Waals surface area contributed by atoms with Gasteiger partial charge in [-0.15, -0.1) is 10.6 Å². The van der Waals surface area contributed by atoms with Gasteiger partial charge in [0.25, 0.3) is 0 Å². The fourth-order valence-corrected chi connectivity index (χ4v) is 5.49. The van der Waals surface area contributed by atoms with E-state index >= 15 is 0 Å². The molecule has 0 aromatic carbocycles. The van der Waals surface area contributed by atoms with Crippen LogP contribution in [0.5, 0.6) is 0 Å². The van der Waals surface area contributed by atoms with Gasteiger partial charge in [0.1, 0.15) is 0 Å². The minimum absolute atomic E-state index is 0.808. The predicted molar refractivity (Wildman–Crippen MR) is 68.5 cm³/mol. The second-order valence-corrected chi connectivity index (χ2v) is 7.29. The van der Waals surface area contributed by atoms with Crippen LogP contribution >= 0.6 is 0 Å². The molecule has 15 heavy (non-hydrogen) atoms. The SMILES string of the molecule is C1CCC([CH2][Al][CH2]C2CCCCC2)CC1. The van der Waals surface area contributed by atoms with E-state index < -0.39 is 0 Å². The zero-order valence-electron chi connectivity index (χ0n) is 10.2. The van der Waals surface area contributed by atoms with Crippen LogP contribution in [0, 0.1) is 11.8 Å². The molecule has 0 unspecified atom stereocenters. The molecule has 2 fully saturated rings. The van der Waals surface area contributed by atoms with Crippen molar-refractivity contribution in [2.24, 2.45) is 11.8 Å². The minimum atomic E-state index is 0.808. The van der Waals surface area contributed by atoms with Crippen LogP contribution in [0.15, 0.2) is 0 Å². The maximum atomic E-state index is 1.64. The first-order valence-electron chi connectivity index (χ1n) is 7.27. The van der Waals surface area contributed by atoms with E-state index in [4.69, 9.17) is 0 Å². The van der Waals surface area contributed by atoms with Crippen LogP contribution in [0.25, 0.3) is 0 Å². The van der Waals surface area contributed by atoms with Gasteiger partial charge < -0.3 is 0 Å². The monoisotopic (exact) mass is 221 g/mol. The van der Waals surface area contributed by atoms with Crippen LogP contribution in [0.1, 0.15) is 64.2 Å². The summed E-state index contributed by atoms with van der Waals surface area (Å²) in [6.45, 7) is 0. The Balaban J connectivity index is 1.53. The lowest BCUT2D eigenvalue weighted by Gasteiger charge is -2.24. The van der Waals surface area contributed by atoms with Crippen LogP contribution in [-0.4, -0.2) is 15.2 Å². The molecule has 0 N–H and O–H groups in total. The van der Waals surface area contributed by atoms with Gasteiger partial charge in [0.15, 0.2) is 0 Å². The molecule has 0 heterocycles. The number of hydrogen-bond donors (Lipinski definition) is 0. The Labute approximate surface area is 102 Å². The largest absolute Gasteiger partial charge is 0.200 e. The third-order valence-corrected chi connectivity index (χ3v) is 6.45. The van der Waals surface area contributed by atoms with Crippen molar-refractivity contribution >= 4 is 15.2 Å². The highest BCUT2D eigenvalue weighted by molar-refractivity contribution is 6.35. The van der Waals surface area contributed by atoms with Gasteiger partial charge >= 0.3 is 0 Å². The van der Waals surface area contributed by atoms with Crippen molar-refractivity contribution < 1.29 is 0 Å². The molecule has 0 aromatic heterocycles. The second-order valence-electron chi connectivity index (χ2n) is 5.77. The van der Waals surface area contributed by atoms with Gasteiger partial charge in [-0.25, -0.2) is 0 Å². The Hall–Kier alpha value is 0.532. The van der Waals surface area contributed by atoms with Crippen molar-refractivity contribution in [3.63, 3.8) is 0 Å². The van der Waals surface area contributed by atoms with E-state index in [0.29, 0.717) is 0 Å². The lowest BCUT2D eigenvalue weighted by molar-refractivity contribution is 0.373. The standard InChI is InChI=1S/2C7H13.Al/c2*1-7-5-3-2-4-6-7;/h2*7H,1-6H2;. The lowest BCUT2D eigenvalue weighted by atomic mass is 9.90. The van der Waals surface area contributed by atoms with Crippen molar-refractivity contribution in [3.8, 4) is 0 Å². The van der Waals surface area contributed by atoms with E-state index in [2.05, 4.69) is 0 Å². The van der Waals surface area contributed by atoms with Crippen LogP contribution in [0.3, 0.4) is 0 Å². The van der Waals surface area contributed by atoms with Crippen LogP contribution in [0.2, 0.25) is 10.6 Å². The maximum absolute atomic E-state index is 1.64. The molecular weight excluding hydrogens is 195 g/mol. The van der Waals surface area contributed by atoms with E-state index in [1.807, 2.05) is 0 Å². The molecule has 0 spiro atoms. The van der Waals surface area contributed by atoms with Crippen LogP contribution < -0.4 is 0 Å². The van der Waals surface area contributed by atoms with Gasteiger partial charge in [-0.1, -0.05) is 76.0 Å². The maximum Gasteiger partial charge on any atom is 0.200 e. The smallest absolute Gasteiger partial charge is 0.101 e. The predicted octanol–water partition coefficient (Wildman–Crippen LogP) is 4.69. The molecule has 0 bridgehead atoms. The Bertz CT molecular complexity index is 137. The quantitative estimate of drug-likeness (QED) is 0.604. The zero-order valence-corrected chi connectivity index (χ0v) is 11.4. The van der Waals surface area contributed by atoms with E-state index in [1.54, 1.807) is 36.2 Å². The summed E-state index contributed by atoms with van der Waals surface area (Å²) in [6.07, 6.45) is 15.5. The molecule has 2 aliphatic rings. The Morgan fingerprint density at radius 2 is 1.00 bits per heavy atom. The summed E-state index contributed by atoms with van der Waals surface area (Å²) in [5.41, 5.74) is 0. The summed E-state index contributed by atoms with van der Waals surface area (Å²) < 4.78 is 0. The molecule has 0 aromatic rings. The van der Waals surface area contributed by atoms with Crippen LogP contribution in [0.4, 0.5) is 0 Å². The summed E-state index contributed by atoms with van der Waals surface area (Å²) in [7, 11) is 0. The highest BCUT2D eigenvalue weighted by Gasteiger charge is 2.16. The summed E-state index contributed by atoms with van der Waals surface area (Å²) >= 11 is 0.808. The van der Waals surface area contributed by atoms with Gasteiger partial charge in [-0.3, -0.25) is 0 Å². The average molecular weight is 221 g/mol. The lowest BCUT2D eigenvalue weighted by Crippen LogP contribution is -2.13. The number of rotatable bonds is 4. The van der Waals surface area contributed by atoms with E-state index in [0.717, 1.165) is 27.1 Å². The minimum Gasteiger partial charge on any atom is -0.101 e. The third kappa shape index (κ3) is 4.50. The van der Waals surface area contributed by atoms with Gasteiger partial charge in [0.2, 0.25) is 15.2 Å². The van der Waals surface area contributed by atoms with Gasteiger partial charge in [-0.05, 0) is 0 Å². The molecule has 0 amide bonds. The number of hydrogen-bond acceptors (Lipinski definition) is 0. The fourth-order valence-electron chi connectivity index (χ4n) is 3.41. The summed E-state index contributed by atoms with van der Waals surface area (Å²) in [5, 5.41) is 3.27. The third-order valence-electron chi connectivity index (χ3n) is 4.45. The molecule has 85 valence electrons. The summed E-state index contributed by atoms with van der Waals surface area (Å²) in [6, 6.07) is 0. The molecule has 2 rings (SSSR count). The second kappa shape index (κ2) is 6.98. The first-order valence-corrected chi connectivity index (χ1v) is 8.90. The molecule has 1 radical (unpaired) electrons. The Morgan fingerprint density at radius 3 is 1.40 bits per heavy atom. The first-order chi connectivity index (χ1) is 7.45. The molecule has 0 nitrogen and oxygen atoms in total.